The lowest BCUT2D eigenvalue weighted by atomic mass is 9.94. The van der Waals surface area contributed by atoms with Gasteiger partial charge in [0, 0.05) is 6.04 Å². The van der Waals surface area contributed by atoms with Crippen LogP contribution in [0.25, 0.3) is 0 Å². The number of carboxylic acids is 1. The summed E-state index contributed by atoms with van der Waals surface area (Å²) in [6.45, 7) is 0.880. The van der Waals surface area contributed by atoms with Gasteiger partial charge in [-0.25, -0.2) is 0 Å². The van der Waals surface area contributed by atoms with E-state index in [1.54, 1.807) is 0 Å². The van der Waals surface area contributed by atoms with E-state index in [1.165, 1.54) is 0 Å². The van der Waals surface area contributed by atoms with Crippen molar-refractivity contribution in [3.8, 4) is 0 Å². The molecular weight excluding hydrogens is 244 g/mol. The molecule has 0 radical (unpaired) electrons. The van der Waals surface area contributed by atoms with Crippen molar-refractivity contribution in [2.75, 3.05) is 6.54 Å². The number of hydrogen-bond donors (Lipinski definition) is 3. The molecule has 5 nitrogen and oxygen atoms in total. The summed E-state index contributed by atoms with van der Waals surface area (Å²) < 4.78 is 0. The summed E-state index contributed by atoms with van der Waals surface area (Å²) in [5.74, 6) is -1.21. The highest BCUT2D eigenvalue weighted by atomic mass is 16.4. The number of piperidine rings is 1. The average Bonchev–Trinajstić information content (AvgIpc) is 2.65. The molecule has 0 aromatic carbocycles. The molecule has 2 rings (SSSR count). The third-order valence-corrected chi connectivity index (χ3v) is 4.29. The summed E-state index contributed by atoms with van der Waals surface area (Å²) in [6, 6.07) is -0.331. The van der Waals surface area contributed by atoms with E-state index in [4.69, 9.17) is 0 Å². The number of carbonyl (C=O) groups is 2. The van der Waals surface area contributed by atoms with Crippen LogP contribution in [-0.4, -0.2) is 35.6 Å². The van der Waals surface area contributed by atoms with Crippen molar-refractivity contribution in [1.82, 2.24) is 10.6 Å². The lowest BCUT2D eigenvalue weighted by Gasteiger charge is -2.28. The van der Waals surface area contributed by atoms with Crippen LogP contribution in [0.5, 0.6) is 0 Å². The van der Waals surface area contributed by atoms with Crippen LogP contribution in [0.3, 0.4) is 0 Å². The van der Waals surface area contributed by atoms with Crippen molar-refractivity contribution < 1.29 is 14.7 Å². The van der Waals surface area contributed by atoms with Crippen LogP contribution in [0.1, 0.15) is 51.4 Å². The molecule has 1 aliphatic carbocycles. The number of amides is 1. The Balaban J connectivity index is 1.93. The topological polar surface area (TPSA) is 78.4 Å². The van der Waals surface area contributed by atoms with Gasteiger partial charge in [-0.1, -0.05) is 25.7 Å². The first-order valence-corrected chi connectivity index (χ1v) is 7.45. The Kier molecular flexibility index (Phi) is 5.19. The fraction of sp³-hybridized carbons (Fsp3) is 0.857. The Bertz CT molecular complexity index is 327. The molecule has 0 bridgehead atoms. The van der Waals surface area contributed by atoms with Crippen molar-refractivity contribution in [3.63, 3.8) is 0 Å². The normalized spacial score (nSPS) is 32.3. The van der Waals surface area contributed by atoms with Gasteiger partial charge in [0.05, 0.1) is 12.0 Å². The third-order valence-electron chi connectivity index (χ3n) is 4.29. The average molecular weight is 268 g/mol. The summed E-state index contributed by atoms with van der Waals surface area (Å²) >= 11 is 0. The smallest absolute Gasteiger partial charge is 0.308 e. The number of nitrogens with one attached hydrogen (secondary N) is 2. The maximum absolute atomic E-state index is 12.2. The van der Waals surface area contributed by atoms with Gasteiger partial charge in [-0.2, -0.15) is 0 Å². The number of carbonyl (C=O) groups excluding carboxylic acids is 1. The monoisotopic (exact) mass is 268 g/mol. The van der Waals surface area contributed by atoms with E-state index >= 15 is 0 Å². The lowest BCUT2D eigenvalue weighted by molar-refractivity contribution is -0.143. The summed E-state index contributed by atoms with van der Waals surface area (Å²) in [5.41, 5.74) is 0. The highest BCUT2D eigenvalue weighted by Crippen LogP contribution is 2.24. The minimum Gasteiger partial charge on any atom is -0.481 e. The van der Waals surface area contributed by atoms with Gasteiger partial charge in [-0.05, 0) is 32.2 Å². The van der Waals surface area contributed by atoms with Gasteiger partial charge < -0.3 is 15.7 Å². The number of hydrogen-bond acceptors (Lipinski definition) is 3. The van der Waals surface area contributed by atoms with Gasteiger partial charge in [-0.3, -0.25) is 9.59 Å². The SMILES string of the molecule is O=C(NC1CCCCCC1C(=O)O)C1CCCCN1. The molecular formula is C14H24N2O3. The second-order valence-corrected chi connectivity index (χ2v) is 5.70. The van der Waals surface area contributed by atoms with E-state index in [0.29, 0.717) is 6.42 Å². The molecule has 2 aliphatic rings. The van der Waals surface area contributed by atoms with Gasteiger partial charge in [0.2, 0.25) is 5.91 Å². The predicted octanol–water partition coefficient (Wildman–Crippen LogP) is 1.28. The summed E-state index contributed by atoms with van der Waals surface area (Å²) in [7, 11) is 0. The molecule has 3 atom stereocenters. The Labute approximate surface area is 114 Å². The van der Waals surface area contributed by atoms with Crippen LogP contribution in [0.15, 0.2) is 0 Å². The Hall–Kier alpha value is -1.10. The first kappa shape index (κ1) is 14.3. The molecule has 1 saturated heterocycles. The molecule has 3 unspecified atom stereocenters. The van der Waals surface area contributed by atoms with Crippen LogP contribution >= 0.6 is 0 Å². The van der Waals surface area contributed by atoms with Gasteiger partial charge in [0.15, 0.2) is 0 Å². The third kappa shape index (κ3) is 3.93. The van der Waals surface area contributed by atoms with Crippen molar-refractivity contribution >= 4 is 11.9 Å². The van der Waals surface area contributed by atoms with Crippen LogP contribution in [0, 0.1) is 5.92 Å². The first-order chi connectivity index (χ1) is 9.18. The van der Waals surface area contributed by atoms with Gasteiger partial charge in [-0.15, -0.1) is 0 Å². The van der Waals surface area contributed by atoms with Crippen LogP contribution in [-0.2, 0) is 9.59 Å². The molecule has 1 heterocycles. The molecule has 2 fully saturated rings. The van der Waals surface area contributed by atoms with Crippen LogP contribution in [0.4, 0.5) is 0 Å². The van der Waals surface area contributed by atoms with Gasteiger partial charge >= 0.3 is 5.97 Å². The second kappa shape index (κ2) is 6.89. The predicted molar refractivity (Wildman–Crippen MR) is 71.8 cm³/mol. The molecule has 108 valence electrons. The molecule has 5 heteroatoms. The van der Waals surface area contributed by atoms with E-state index in [1.807, 2.05) is 0 Å². The van der Waals surface area contributed by atoms with Gasteiger partial charge in [0.1, 0.15) is 0 Å². The van der Waals surface area contributed by atoms with Crippen molar-refractivity contribution in [2.45, 2.75) is 63.5 Å². The fourth-order valence-electron chi connectivity index (χ4n) is 3.13. The maximum Gasteiger partial charge on any atom is 0.308 e. The van der Waals surface area contributed by atoms with Crippen LogP contribution in [0.2, 0.25) is 0 Å². The van der Waals surface area contributed by atoms with Crippen LogP contribution < -0.4 is 10.6 Å². The quantitative estimate of drug-likeness (QED) is 0.674. The zero-order valence-electron chi connectivity index (χ0n) is 11.4. The Morgan fingerprint density at radius 2 is 1.74 bits per heavy atom. The zero-order valence-corrected chi connectivity index (χ0v) is 11.4. The highest BCUT2D eigenvalue weighted by Gasteiger charge is 2.32. The van der Waals surface area contributed by atoms with Crippen molar-refractivity contribution in [2.24, 2.45) is 5.92 Å². The van der Waals surface area contributed by atoms with Crippen molar-refractivity contribution in [3.05, 3.63) is 0 Å². The molecule has 19 heavy (non-hydrogen) atoms. The first-order valence-electron chi connectivity index (χ1n) is 7.45. The molecule has 0 spiro atoms. The minimum absolute atomic E-state index is 0.0159. The molecule has 1 amide bonds. The number of aliphatic carboxylic acids is 1. The highest BCUT2D eigenvalue weighted by molar-refractivity contribution is 5.83. The fourth-order valence-corrected chi connectivity index (χ4v) is 3.13. The molecule has 3 N–H and O–H groups in total. The van der Waals surface area contributed by atoms with E-state index in [2.05, 4.69) is 10.6 Å². The van der Waals surface area contributed by atoms with Gasteiger partial charge in [0.25, 0.3) is 0 Å². The van der Waals surface area contributed by atoms with E-state index in [9.17, 15) is 14.7 Å². The summed E-state index contributed by atoms with van der Waals surface area (Å²) in [6.07, 6.45) is 7.53. The minimum atomic E-state index is -0.774. The molecule has 1 saturated carbocycles. The van der Waals surface area contributed by atoms with Crippen molar-refractivity contribution in [1.29, 1.82) is 0 Å². The second-order valence-electron chi connectivity index (χ2n) is 5.70. The number of carboxylic acid groups (broad SMARTS) is 1. The summed E-state index contributed by atoms with van der Waals surface area (Å²) in [4.78, 5) is 23.5. The van der Waals surface area contributed by atoms with E-state index in [-0.39, 0.29) is 18.0 Å². The standard InChI is InChI=1S/C14H24N2O3/c17-13(12-8-4-5-9-15-12)16-11-7-3-1-2-6-10(11)14(18)19/h10-12,15H,1-9H2,(H,16,17)(H,18,19). The van der Waals surface area contributed by atoms with E-state index in [0.717, 1.165) is 51.5 Å². The maximum atomic E-state index is 12.2. The largest absolute Gasteiger partial charge is 0.481 e. The summed E-state index contributed by atoms with van der Waals surface area (Å²) in [5, 5.41) is 15.5. The Morgan fingerprint density at radius 3 is 2.42 bits per heavy atom. The lowest BCUT2D eigenvalue weighted by Crippen LogP contribution is -2.52. The van der Waals surface area contributed by atoms with E-state index < -0.39 is 11.9 Å². The Morgan fingerprint density at radius 1 is 1.00 bits per heavy atom. The number of rotatable bonds is 3. The molecule has 1 aliphatic heterocycles. The zero-order chi connectivity index (χ0) is 13.7. The molecule has 0 aromatic rings. The molecule has 0 aromatic heterocycles.